The SMILES string of the molecule is COc1ccc(CCC(=O)C2(C)CCCNC2)cc1. The number of methoxy groups -OCH3 is 1. The van der Waals surface area contributed by atoms with Gasteiger partial charge in [-0.15, -0.1) is 0 Å². The van der Waals surface area contributed by atoms with E-state index >= 15 is 0 Å². The maximum absolute atomic E-state index is 12.4. The zero-order chi connectivity index (χ0) is 13.7. The van der Waals surface area contributed by atoms with Crippen LogP contribution in [-0.4, -0.2) is 26.0 Å². The molecule has 0 aromatic heterocycles. The Labute approximate surface area is 115 Å². The van der Waals surface area contributed by atoms with Gasteiger partial charge in [-0.3, -0.25) is 4.79 Å². The number of nitrogens with one attached hydrogen (secondary N) is 1. The van der Waals surface area contributed by atoms with Crippen LogP contribution in [0.25, 0.3) is 0 Å². The van der Waals surface area contributed by atoms with Crippen LogP contribution in [0.4, 0.5) is 0 Å². The summed E-state index contributed by atoms with van der Waals surface area (Å²) in [5, 5.41) is 3.33. The lowest BCUT2D eigenvalue weighted by atomic mass is 9.77. The van der Waals surface area contributed by atoms with E-state index in [1.54, 1.807) is 7.11 Å². The summed E-state index contributed by atoms with van der Waals surface area (Å²) in [6.45, 7) is 3.96. The van der Waals surface area contributed by atoms with Gasteiger partial charge in [-0.05, 0) is 43.5 Å². The Kier molecular flexibility index (Phi) is 4.59. The number of rotatable bonds is 5. The molecule has 0 radical (unpaired) electrons. The number of ether oxygens (including phenoxy) is 1. The van der Waals surface area contributed by atoms with Crippen LogP contribution >= 0.6 is 0 Å². The first-order chi connectivity index (χ1) is 9.14. The summed E-state index contributed by atoms with van der Waals surface area (Å²) in [7, 11) is 1.66. The third-order valence-electron chi connectivity index (χ3n) is 4.07. The molecule has 0 spiro atoms. The quantitative estimate of drug-likeness (QED) is 0.885. The highest BCUT2D eigenvalue weighted by Crippen LogP contribution is 2.28. The number of aryl methyl sites for hydroxylation is 1. The Bertz CT molecular complexity index is 419. The highest BCUT2D eigenvalue weighted by atomic mass is 16.5. The molecule has 104 valence electrons. The van der Waals surface area contributed by atoms with E-state index in [2.05, 4.69) is 12.2 Å². The summed E-state index contributed by atoms with van der Waals surface area (Å²) < 4.78 is 5.13. The van der Waals surface area contributed by atoms with E-state index in [1.807, 2.05) is 24.3 Å². The molecule has 1 aliphatic heterocycles. The molecule has 1 aromatic carbocycles. The molecule has 0 amide bonds. The fourth-order valence-corrected chi connectivity index (χ4v) is 2.65. The van der Waals surface area contributed by atoms with Gasteiger partial charge in [0, 0.05) is 18.4 Å². The van der Waals surface area contributed by atoms with Crippen LogP contribution in [0.15, 0.2) is 24.3 Å². The van der Waals surface area contributed by atoms with Gasteiger partial charge in [-0.2, -0.15) is 0 Å². The predicted molar refractivity (Wildman–Crippen MR) is 76.5 cm³/mol. The summed E-state index contributed by atoms with van der Waals surface area (Å²) in [5.74, 6) is 1.24. The number of ketones is 1. The zero-order valence-electron chi connectivity index (χ0n) is 11.9. The molecule has 1 saturated heterocycles. The van der Waals surface area contributed by atoms with Crippen LogP contribution < -0.4 is 10.1 Å². The normalized spacial score (nSPS) is 23.1. The van der Waals surface area contributed by atoms with E-state index in [1.165, 1.54) is 5.56 Å². The average Bonchev–Trinajstić information content (AvgIpc) is 2.46. The van der Waals surface area contributed by atoms with Crippen molar-refractivity contribution in [3.63, 3.8) is 0 Å². The molecular formula is C16H23NO2. The van der Waals surface area contributed by atoms with Gasteiger partial charge < -0.3 is 10.1 Å². The second-order valence-corrected chi connectivity index (χ2v) is 5.61. The van der Waals surface area contributed by atoms with Crippen molar-refractivity contribution in [2.24, 2.45) is 5.41 Å². The average molecular weight is 261 g/mol. The van der Waals surface area contributed by atoms with Gasteiger partial charge in [0.2, 0.25) is 0 Å². The number of hydrogen-bond donors (Lipinski definition) is 1. The molecule has 19 heavy (non-hydrogen) atoms. The molecule has 0 aliphatic carbocycles. The molecule has 1 N–H and O–H groups in total. The topological polar surface area (TPSA) is 38.3 Å². The van der Waals surface area contributed by atoms with Crippen molar-refractivity contribution in [1.82, 2.24) is 5.32 Å². The van der Waals surface area contributed by atoms with E-state index in [0.717, 1.165) is 38.1 Å². The fourth-order valence-electron chi connectivity index (χ4n) is 2.65. The Morgan fingerprint density at radius 2 is 2.11 bits per heavy atom. The van der Waals surface area contributed by atoms with Crippen molar-refractivity contribution in [1.29, 1.82) is 0 Å². The van der Waals surface area contributed by atoms with E-state index < -0.39 is 0 Å². The van der Waals surface area contributed by atoms with Crippen LogP contribution in [0.2, 0.25) is 0 Å². The highest BCUT2D eigenvalue weighted by Gasteiger charge is 2.33. The second kappa shape index (κ2) is 6.20. The van der Waals surface area contributed by atoms with Crippen molar-refractivity contribution >= 4 is 5.78 Å². The first kappa shape index (κ1) is 14.1. The summed E-state index contributed by atoms with van der Waals surface area (Å²) in [4.78, 5) is 12.4. The van der Waals surface area contributed by atoms with Gasteiger partial charge in [-0.25, -0.2) is 0 Å². The largest absolute Gasteiger partial charge is 0.497 e. The molecule has 0 bridgehead atoms. The lowest BCUT2D eigenvalue weighted by Gasteiger charge is -2.32. The summed E-state index contributed by atoms with van der Waals surface area (Å²) in [5.41, 5.74) is 1.03. The van der Waals surface area contributed by atoms with Gasteiger partial charge in [0.05, 0.1) is 7.11 Å². The van der Waals surface area contributed by atoms with E-state index in [-0.39, 0.29) is 5.41 Å². The van der Waals surface area contributed by atoms with Crippen molar-refractivity contribution < 1.29 is 9.53 Å². The standard InChI is InChI=1S/C16H23NO2/c1-16(10-3-11-17-12-16)15(18)9-6-13-4-7-14(19-2)8-5-13/h4-5,7-8,17H,3,6,9-12H2,1-2H3. The Morgan fingerprint density at radius 3 is 2.68 bits per heavy atom. The molecule has 1 aliphatic rings. The maximum Gasteiger partial charge on any atom is 0.140 e. The first-order valence-electron chi connectivity index (χ1n) is 7.01. The molecule has 1 aromatic rings. The minimum atomic E-state index is -0.162. The molecule has 0 saturated carbocycles. The Hall–Kier alpha value is -1.35. The molecule has 1 unspecified atom stereocenters. The number of carbonyl (C=O) groups excluding carboxylic acids is 1. The number of carbonyl (C=O) groups is 1. The molecule has 1 atom stereocenters. The monoisotopic (exact) mass is 261 g/mol. The second-order valence-electron chi connectivity index (χ2n) is 5.61. The third-order valence-corrected chi connectivity index (χ3v) is 4.07. The van der Waals surface area contributed by atoms with Crippen molar-refractivity contribution in [3.8, 4) is 5.75 Å². The van der Waals surface area contributed by atoms with Crippen LogP contribution in [0.1, 0.15) is 31.7 Å². The summed E-state index contributed by atoms with van der Waals surface area (Å²) in [6, 6.07) is 7.97. The molecule has 1 fully saturated rings. The van der Waals surface area contributed by atoms with Gasteiger partial charge in [0.25, 0.3) is 0 Å². The van der Waals surface area contributed by atoms with Gasteiger partial charge >= 0.3 is 0 Å². The third kappa shape index (κ3) is 3.57. The van der Waals surface area contributed by atoms with Gasteiger partial charge in [-0.1, -0.05) is 19.1 Å². The maximum atomic E-state index is 12.4. The number of benzene rings is 1. The van der Waals surface area contributed by atoms with Crippen molar-refractivity contribution in [2.45, 2.75) is 32.6 Å². The highest BCUT2D eigenvalue weighted by molar-refractivity contribution is 5.85. The van der Waals surface area contributed by atoms with Crippen molar-refractivity contribution in [3.05, 3.63) is 29.8 Å². The van der Waals surface area contributed by atoms with Crippen LogP contribution in [0.5, 0.6) is 5.75 Å². The minimum Gasteiger partial charge on any atom is -0.497 e. The van der Waals surface area contributed by atoms with Crippen LogP contribution in [0.3, 0.4) is 0 Å². The van der Waals surface area contributed by atoms with Gasteiger partial charge in [0.1, 0.15) is 11.5 Å². The molecule has 1 heterocycles. The fraction of sp³-hybridized carbons (Fsp3) is 0.562. The number of piperidine rings is 1. The lowest BCUT2D eigenvalue weighted by Crippen LogP contribution is -2.43. The predicted octanol–water partition coefficient (Wildman–Crippen LogP) is 2.59. The summed E-state index contributed by atoms with van der Waals surface area (Å²) in [6.07, 6.45) is 3.56. The van der Waals surface area contributed by atoms with Crippen LogP contribution in [0, 0.1) is 5.41 Å². The first-order valence-corrected chi connectivity index (χ1v) is 7.01. The molecule has 3 heteroatoms. The molecular weight excluding hydrogens is 238 g/mol. The number of hydrogen-bond acceptors (Lipinski definition) is 3. The van der Waals surface area contributed by atoms with E-state index in [4.69, 9.17) is 4.74 Å². The Morgan fingerprint density at radius 1 is 1.37 bits per heavy atom. The molecule has 2 rings (SSSR count). The minimum absolute atomic E-state index is 0.162. The smallest absolute Gasteiger partial charge is 0.140 e. The van der Waals surface area contributed by atoms with E-state index in [0.29, 0.717) is 12.2 Å². The lowest BCUT2D eigenvalue weighted by molar-refractivity contribution is -0.128. The number of Topliss-reactive ketones (excluding diaryl/α,β-unsaturated/α-hetero) is 1. The van der Waals surface area contributed by atoms with Gasteiger partial charge in [0.15, 0.2) is 0 Å². The Balaban J connectivity index is 1.88. The molecule has 3 nitrogen and oxygen atoms in total. The van der Waals surface area contributed by atoms with E-state index in [9.17, 15) is 4.79 Å². The van der Waals surface area contributed by atoms with Crippen LogP contribution in [-0.2, 0) is 11.2 Å². The summed E-state index contributed by atoms with van der Waals surface area (Å²) >= 11 is 0. The zero-order valence-corrected chi connectivity index (χ0v) is 11.9. The van der Waals surface area contributed by atoms with Crippen molar-refractivity contribution in [2.75, 3.05) is 20.2 Å².